The highest BCUT2D eigenvalue weighted by molar-refractivity contribution is 5.97. The Morgan fingerprint density at radius 2 is 2.11 bits per heavy atom. The number of benzene rings is 1. The number of hydrogen-bond donors (Lipinski definition) is 1. The fourth-order valence-corrected chi connectivity index (χ4v) is 3.14. The van der Waals surface area contributed by atoms with Gasteiger partial charge in [0.2, 0.25) is 0 Å². The molecule has 0 aliphatic rings. The van der Waals surface area contributed by atoms with Gasteiger partial charge >= 0.3 is 0 Å². The minimum Gasteiger partial charge on any atom is -0.468 e. The van der Waals surface area contributed by atoms with E-state index >= 15 is 0 Å². The van der Waals surface area contributed by atoms with E-state index in [0.29, 0.717) is 29.9 Å². The molecule has 27 heavy (non-hydrogen) atoms. The maximum atomic E-state index is 12.6. The molecule has 142 valence electrons. The van der Waals surface area contributed by atoms with Crippen molar-refractivity contribution < 1.29 is 9.21 Å². The summed E-state index contributed by atoms with van der Waals surface area (Å²) in [5, 5.41) is 2.95. The summed E-state index contributed by atoms with van der Waals surface area (Å²) >= 11 is 0. The van der Waals surface area contributed by atoms with Crippen LogP contribution in [0.15, 0.2) is 45.8 Å². The molecule has 3 aromatic rings. The van der Waals surface area contributed by atoms with Crippen LogP contribution in [0.25, 0.3) is 11.0 Å². The zero-order valence-electron chi connectivity index (χ0n) is 16.0. The van der Waals surface area contributed by atoms with Crippen LogP contribution in [0.2, 0.25) is 0 Å². The van der Waals surface area contributed by atoms with E-state index in [1.807, 2.05) is 38.1 Å². The molecule has 0 spiro atoms. The molecule has 7 heteroatoms. The first-order valence-corrected chi connectivity index (χ1v) is 8.91. The molecule has 0 bridgehead atoms. The molecule has 1 aromatic carbocycles. The number of hydrogen-bond acceptors (Lipinski definition) is 5. The van der Waals surface area contributed by atoms with Gasteiger partial charge in [-0.2, -0.15) is 0 Å². The molecule has 0 saturated heterocycles. The fraction of sp³-hybridized carbons (Fsp3) is 0.350. The third-order valence-corrected chi connectivity index (χ3v) is 4.64. The normalized spacial score (nSPS) is 12.5. The first-order valence-electron chi connectivity index (χ1n) is 8.91. The summed E-state index contributed by atoms with van der Waals surface area (Å²) in [7, 11) is 3.87. The van der Waals surface area contributed by atoms with Crippen molar-refractivity contribution in [3.05, 3.63) is 64.0 Å². The SMILES string of the molecule is CCn1c(=O)c(C)nc2cc(C(=O)NCC(c3ccco3)N(C)C)ccc21. The standard InChI is InChI=1S/C20H24N4O3/c1-5-24-16-9-8-14(11-15(16)22-13(2)20(24)26)19(25)21-12-17(23(3)4)18-7-6-10-27-18/h6-11,17H,5,12H2,1-4H3,(H,21,25). The lowest BCUT2D eigenvalue weighted by molar-refractivity contribution is 0.0939. The first kappa shape index (κ1) is 18.8. The van der Waals surface area contributed by atoms with Crippen molar-refractivity contribution in [1.29, 1.82) is 0 Å². The molecule has 0 aliphatic carbocycles. The number of furan rings is 1. The molecule has 2 heterocycles. The maximum absolute atomic E-state index is 12.6. The lowest BCUT2D eigenvalue weighted by Crippen LogP contribution is -2.34. The van der Waals surface area contributed by atoms with Gasteiger partial charge < -0.3 is 14.3 Å². The second-order valence-electron chi connectivity index (χ2n) is 6.65. The van der Waals surface area contributed by atoms with Gasteiger partial charge in [-0.15, -0.1) is 0 Å². The lowest BCUT2D eigenvalue weighted by atomic mass is 10.1. The second kappa shape index (κ2) is 7.75. The Balaban J connectivity index is 1.83. The third kappa shape index (κ3) is 3.78. The third-order valence-electron chi connectivity index (χ3n) is 4.64. The molecule has 7 nitrogen and oxygen atoms in total. The number of rotatable bonds is 6. The molecule has 1 unspecified atom stereocenters. The van der Waals surface area contributed by atoms with Crippen molar-refractivity contribution in [2.24, 2.45) is 0 Å². The van der Waals surface area contributed by atoms with Crippen LogP contribution in [0.5, 0.6) is 0 Å². The van der Waals surface area contributed by atoms with E-state index in [0.717, 1.165) is 11.3 Å². The van der Waals surface area contributed by atoms with Crippen LogP contribution in [0.4, 0.5) is 0 Å². The molecule has 0 saturated carbocycles. The molecule has 0 radical (unpaired) electrons. The Hall–Kier alpha value is -2.93. The number of aromatic nitrogens is 2. The van der Waals surface area contributed by atoms with E-state index in [1.54, 1.807) is 36.0 Å². The van der Waals surface area contributed by atoms with E-state index in [4.69, 9.17) is 4.42 Å². The average Bonchev–Trinajstić information content (AvgIpc) is 3.16. The van der Waals surface area contributed by atoms with E-state index in [1.165, 1.54) is 0 Å². The van der Waals surface area contributed by atoms with Gasteiger partial charge in [-0.1, -0.05) is 0 Å². The molecule has 1 N–H and O–H groups in total. The van der Waals surface area contributed by atoms with Gasteiger partial charge in [0.25, 0.3) is 11.5 Å². The Labute approximate surface area is 157 Å². The van der Waals surface area contributed by atoms with Crippen LogP contribution >= 0.6 is 0 Å². The quantitative estimate of drug-likeness (QED) is 0.722. The van der Waals surface area contributed by atoms with Crippen molar-refractivity contribution in [3.8, 4) is 0 Å². The Kier molecular flexibility index (Phi) is 5.41. The number of likely N-dealkylation sites (N-methyl/N-ethyl adjacent to an activating group) is 1. The highest BCUT2D eigenvalue weighted by atomic mass is 16.3. The van der Waals surface area contributed by atoms with E-state index in [2.05, 4.69) is 10.3 Å². The molecule has 1 atom stereocenters. The first-order chi connectivity index (χ1) is 12.9. The number of carbonyl (C=O) groups is 1. The van der Waals surface area contributed by atoms with Crippen LogP contribution in [0.3, 0.4) is 0 Å². The van der Waals surface area contributed by atoms with Gasteiger partial charge in [-0.3, -0.25) is 14.5 Å². The van der Waals surface area contributed by atoms with Gasteiger partial charge in [0.05, 0.1) is 23.3 Å². The largest absolute Gasteiger partial charge is 0.468 e. The molecule has 3 rings (SSSR count). The zero-order chi connectivity index (χ0) is 19.6. The van der Waals surface area contributed by atoms with Gasteiger partial charge in [-0.25, -0.2) is 4.98 Å². The van der Waals surface area contributed by atoms with Crippen LogP contribution in [-0.2, 0) is 6.54 Å². The lowest BCUT2D eigenvalue weighted by Gasteiger charge is -2.22. The van der Waals surface area contributed by atoms with Gasteiger partial charge in [-0.05, 0) is 58.3 Å². The Morgan fingerprint density at radius 1 is 1.33 bits per heavy atom. The molecule has 0 fully saturated rings. The van der Waals surface area contributed by atoms with Crippen LogP contribution in [0.1, 0.15) is 34.8 Å². The highest BCUT2D eigenvalue weighted by Gasteiger charge is 2.18. The summed E-state index contributed by atoms with van der Waals surface area (Å²) in [4.78, 5) is 31.2. The second-order valence-corrected chi connectivity index (χ2v) is 6.65. The van der Waals surface area contributed by atoms with Crippen molar-refractivity contribution in [2.75, 3.05) is 20.6 Å². The number of amides is 1. The van der Waals surface area contributed by atoms with Crippen molar-refractivity contribution >= 4 is 16.9 Å². The summed E-state index contributed by atoms with van der Waals surface area (Å²) in [6.45, 7) is 4.57. The van der Waals surface area contributed by atoms with Crippen molar-refractivity contribution in [1.82, 2.24) is 19.8 Å². The molecule has 1 amide bonds. The van der Waals surface area contributed by atoms with E-state index < -0.39 is 0 Å². The summed E-state index contributed by atoms with van der Waals surface area (Å²) < 4.78 is 7.13. The fourth-order valence-electron chi connectivity index (χ4n) is 3.14. The summed E-state index contributed by atoms with van der Waals surface area (Å²) in [6, 6.07) is 8.88. The summed E-state index contributed by atoms with van der Waals surface area (Å²) in [5.41, 5.74) is 2.19. The topological polar surface area (TPSA) is 80.4 Å². The highest BCUT2D eigenvalue weighted by Crippen LogP contribution is 2.18. The van der Waals surface area contributed by atoms with Crippen molar-refractivity contribution in [2.45, 2.75) is 26.4 Å². The van der Waals surface area contributed by atoms with Crippen LogP contribution in [-0.4, -0.2) is 41.0 Å². The van der Waals surface area contributed by atoms with E-state index in [-0.39, 0.29) is 17.5 Å². The van der Waals surface area contributed by atoms with Crippen LogP contribution < -0.4 is 10.9 Å². The van der Waals surface area contributed by atoms with Crippen molar-refractivity contribution in [3.63, 3.8) is 0 Å². The summed E-state index contributed by atoms with van der Waals surface area (Å²) in [5.74, 6) is 0.604. The summed E-state index contributed by atoms with van der Waals surface area (Å²) in [6.07, 6.45) is 1.62. The number of nitrogens with zero attached hydrogens (tertiary/aromatic N) is 3. The Bertz CT molecular complexity index is 1010. The van der Waals surface area contributed by atoms with Gasteiger partial charge in [0, 0.05) is 18.7 Å². The minimum absolute atomic E-state index is 0.0601. The zero-order valence-corrected chi connectivity index (χ0v) is 16.0. The van der Waals surface area contributed by atoms with E-state index in [9.17, 15) is 9.59 Å². The number of fused-ring (bicyclic) bond motifs is 1. The number of nitrogens with one attached hydrogen (secondary N) is 1. The predicted molar refractivity (Wildman–Crippen MR) is 104 cm³/mol. The molecular formula is C20H24N4O3. The predicted octanol–water partition coefficient (Wildman–Crippen LogP) is 2.35. The monoisotopic (exact) mass is 368 g/mol. The number of carbonyl (C=O) groups excluding carboxylic acids is 1. The molecular weight excluding hydrogens is 344 g/mol. The Morgan fingerprint density at radius 3 is 2.74 bits per heavy atom. The van der Waals surface area contributed by atoms with Gasteiger partial charge in [0.15, 0.2) is 0 Å². The van der Waals surface area contributed by atoms with Gasteiger partial charge in [0.1, 0.15) is 11.5 Å². The minimum atomic E-state index is -0.191. The molecule has 0 aliphatic heterocycles. The molecule has 2 aromatic heterocycles. The maximum Gasteiger partial charge on any atom is 0.272 e. The number of aryl methyl sites for hydroxylation is 2. The smallest absolute Gasteiger partial charge is 0.272 e. The van der Waals surface area contributed by atoms with Crippen LogP contribution in [0, 0.1) is 6.92 Å². The average molecular weight is 368 g/mol.